The summed E-state index contributed by atoms with van der Waals surface area (Å²) >= 11 is 0. The van der Waals surface area contributed by atoms with Crippen molar-refractivity contribution in [3.05, 3.63) is 47.5 Å². The summed E-state index contributed by atoms with van der Waals surface area (Å²) in [5.41, 5.74) is 2.78. The van der Waals surface area contributed by atoms with Gasteiger partial charge in [-0.15, -0.1) is 0 Å². The molecule has 1 amide bonds. The highest BCUT2D eigenvalue weighted by molar-refractivity contribution is 7.89. The molecule has 1 fully saturated rings. The number of aryl methyl sites for hydroxylation is 2. The van der Waals surface area contributed by atoms with E-state index in [1.165, 1.54) is 4.31 Å². The van der Waals surface area contributed by atoms with E-state index in [1.807, 2.05) is 18.7 Å². The Bertz CT molecular complexity index is 884. The maximum Gasteiger partial charge on any atom is 0.243 e. The van der Waals surface area contributed by atoms with Crippen LogP contribution in [0.3, 0.4) is 0 Å². The largest absolute Gasteiger partial charge is 0.349 e. The molecule has 27 heavy (non-hydrogen) atoms. The molecule has 8 nitrogen and oxygen atoms in total. The van der Waals surface area contributed by atoms with Gasteiger partial charge in [-0.3, -0.25) is 9.69 Å². The Morgan fingerprint density at radius 3 is 2.41 bits per heavy atom. The molecular formula is C18H25N5O3S. The van der Waals surface area contributed by atoms with Crippen molar-refractivity contribution in [3.8, 4) is 0 Å². The monoisotopic (exact) mass is 391 g/mol. The van der Waals surface area contributed by atoms with Gasteiger partial charge in [0.15, 0.2) is 0 Å². The van der Waals surface area contributed by atoms with Crippen LogP contribution in [0.2, 0.25) is 0 Å². The number of H-pyrrole nitrogens is 1. The number of hydrogen-bond acceptors (Lipinski definition) is 5. The Labute approximate surface area is 159 Å². The third-order valence-electron chi connectivity index (χ3n) is 4.74. The summed E-state index contributed by atoms with van der Waals surface area (Å²) in [5, 5.41) is 2.85. The van der Waals surface area contributed by atoms with Crippen molar-refractivity contribution < 1.29 is 13.2 Å². The van der Waals surface area contributed by atoms with E-state index in [9.17, 15) is 13.2 Å². The average molecular weight is 391 g/mol. The van der Waals surface area contributed by atoms with Gasteiger partial charge in [-0.2, -0.15) is 4.31 Å². The van der Waals surface area contributed by atoms with Gasteiger partial charge in [0.2, 0.25) is 15.9 Å². The van der Waals surface area contributed by atoms with E-state index >= 15 is 0 Å². The second-order valence-electron chi connectivity index (χ2n) is 6.74. The minimum Gasteiger partial charge on any atom is -0.349 e. The van der Waals surface area contributed by atoms with E-state index in [0.717, 1.165) is 17.0 Å². The number of piperazine rings is 1. The summed E-state index contributed by atoms with van der Waals surface area (Å²) in [7, 11) is -3.48. The van der Waals surface area contributed by atoms with Crippen molar-refractivity contribution in [2.24, 2.45) is 0 Å². The number of sulfonamides is 1. The summed E-state index contributed by atoms with van der Waals surface area (Å²) in [4.78, 5) is 21.5. The number of carbonyl (C=O) groups excluding carboxylic acids is 1. The predicted octanol–water partition coefficient (Wildman–Crippen LogP) is 0.649. The van der Waals surface area contributed by atoms with Crippen LogP contribution in [-0.4, -0.2) is 66.2 Å². The third-order valence-corrected chi connectivity index (χ3v) is 6.66. The number of nitrogens with zero attached hydrogens (tertiary/aromatic N) is 3. The summed E-state index contributed by atoms with van der Waals surface area (Å²) in [6, 6.07) is 6.88. The molecule has 0 radical (unpaired) electrons. The molecule has 0 saturated carbocycles. The van der Waals surface area contributed by atoms with E-state index in [0.29, 0.717) is 37.6 Å². The molecule has 1 aliphatic heterocycles. The highest BCUT2D eigenvalue weighted by atomic mass is 32.2. The van der Waals surface area contributed by atoms with Crippen LogP contribution in [0, 0.1) is 13.8 Å². The Morgan fingerprint density at radius 1 is 1.15 bits per heavy atom. The number of imidazole rings is 1. The van der Waals surface area contributed by atoms with Gasteiger partial charge >= 0.3 is 0 Å². The molecule has 1 aliphatic rings. The lowest BCUT2D eigenvalue weighted by Gasteiger charge is -2.33. The van der Waals surface area contributed by atoms with Crippen LogP contribution >= 0.6 is 0 Å². The van der Waals surface area contributed by atoms with Gasteiger partial charge in [-0.05, 0) is 26.0 Å². The Balaban J connectivity index is 1.49. The second-order valence-corrected chi connectivity index (χ2v) is 8.68. The summed E-state index contributed by atoms with van der Waals surface area (Å²) < 4.78 is 26.9. The molecule has 2 aromatic rings. The summed E-state index contributed by atoms with van der Waals surface area (Å²) in [6.45, 7) is 6.28. The number of carbonyl (C=O) groups is 1. The Morgan fingerprint density at radius 2 is 1.81 bits per heavy atom. The fraction of sp³-hybridized carbons (Fsp3) is 0.444. The van der Waals surface area contributed by atoms with Gasteiger partial charge in [0.1, 0.15) is 0 Å². The van der Waals surface area contributed by atoms with Crippen LogP contribution in [0.1, 0.15) is 17.0 Å². The van der Waals surface area contributed by atoms with Crippen LogP contribution in [0.5, 0.6) is 0 Å². The lowest BCUT2D eigenvalue weighted by atomic mass is 10.2. The zero-order valence-electron chi connectivity index (χ0n) is 15.6. The standard InChI is InChI=1S/C18H25N5O3S/c1-14-3-5-16(6-4-14)27(25,26)23-9-7-22(8-10-23)12-18(24)19-11-17-15(2)20-13-21-17/h3-6,13H,7-12H2,1-2H3,(H,19,24)(H,20,21). The van der Waals surface area contributed by atoms with Gasteiger partial charge in [0.25, 0.3) is 0 Å². The molecule has 0 bridgehead atoms. The molecule has 2 heterocycles. The van der Waals surface area contributed by atoms with E-state index in [4.69, 9.17) is 0 Å². The van der Waals surface area contributed by atoms with Crippen molar-refractivity contribution in [2.75, 3.05) is 32.7 Å². The van der Waals surface area contributed by atoms with Crippen molar-refractivity contribution in [3.63, 3.8) is 0 Å². The Hall–Kier alpha value is -2.23. The average Bonchev–Trinajstić information content (AvgIpc) is 3.06. The van der Waals surface area contributed by atoms with Crippen LogP contribution in [0.4, 0.5) is 0 Å². The SMILES string of the molecule is Cc1ccc(S(=O)(=O)N2CCN(CC(=O)NCc3nc[nH]c3C)CC2)cc1. The minimum atomic E-state index is -3.48. The predicted molar refractivity (Wildman–Crippen MR) is 102 cm³/mol. The number of nitrogens with one attached hydrogen (secondary N) is 2. The van der Waals surface area contributed by atoms with Gasteiger partial charge in [0, 0.05) is 31.9 Å². The number of amides is 1. The molecule has 9 heteroatoms. The number of rotatable bonds is 6. The topological polar surface area (TPSA) is 98.4 Å². The van der Waals surface area contributed by atoms with Gasteiger partial charge in [-0.25, -0.2) is 13.4 Å². The molecule has 0 atom stereocenters. The maximum atomic E-state index is 12.7. The second kappa shape index (κ2) is 8.20. The number of benzene rings is 1. The molecule has 3 rings (SSSR count). The number of aromatic nitrogens is 2. The fourth-order valence-electron chi connectivity index (χ4n) is 2.99. The van der Waals surface area contributed by atoms with Crippen LogP contribution < -0.4 is 5.32 Å². The van der Waals surface area contributed by atoms with Gasteiger partial charge < -0.3 is 10.3 Å². The van der Waals surface area contributed by atoms with E-state index in [-0.39, 0.29) is 12.5 Å². The maximum absolute atomic E-state index is 12.7. The minimum absolute atomic E-state index is 0.0905. The zero-order valence-corrected chi connectivity index (χ0v) is 16.4. The lowest BCUT2D eigenvalue weighted by Crippen LogP contribution is -2.51. The Kier molecular flexibility index (Phi) is 5.93. The molecular weight excluding hydrogens is 366 g/mol. The van der Waals surface area contributed by atoms with Crippen LogP contribution in [0.15, 0.2) is 35.5 Å². The quantitative estimate of drug-likeness (QED) is 0.753. The molecule has 2 N–H and O–H groups in total. The van der Waals surface area contributed by atoms with Crippen molar-refractivity contribution >= 4 is 15.9 Å². The number of hydrogen-bond donors (Lipinski definition) is 2. The molecule has 0 spiro atoms. The van der Waals surface area contributed by atoms with Crippen molar-refractivity contribution in [1.82, 2.24) is 24.5 Å². The normalized spacial score (nSPS) is 16.4. The third kappa shape index (κ3) is 4.74. The van der Waals surface area contributed by atoms with Crippen LogP contribution in [-0.2, 0) is 21.4 Å². The highest BCUT2D eigenvalue weighted by Crippen LogP contribution is 2.18. The molecule has 1 aromatic heterocycles. The van der Waals surface area contributed by atoms with Gasteiger partial charge in [0.05, 0.1) is 30.0 Å². The summed E-state index contributed by atoms with van der Waals surface area (Å²) in [5.74, 6) is -0.0905. The zero-order chi connectivity index (χ0) is 19.4. The van der Waals surface area contributed by atoms with Crippen molar-refractivity contribution in [1.29, 1.82) is 0 Å². The summed E-state index contributed by atoms with van der Waals surface area (Å²) in [6.07, 6.45) is 1.60. The fourth-order valence-corrected chi connectivity index (χ4v) is 4.42. The first-order valence-corrected chi connectivity index (χ1v) is 10.3. The first-order chi connectivity index (χ1) is 12.9. The first kappa shape index (κ1) is 19.5. The van der Waals surface area contributed by atoms with Gasteiger partial charge in [-0.1, -0.05) is 17.7 Å². The highest BCUT2D eigenvalue weighted by Gasteiger charge is 2.28. The lowest BCUT2D eigenvalue weighted by molar-refractivity contribution is -0.122. The molecule has 1 aromatic carbocycles. The first-order valence-electron chi connectivity index (χ1n) is 8.91. The van der Waals surface area contributed by atoms with Crippen molar-refractivity contribution in [2.45, 2.75) is 25.3 Å². The molecule has 0 unspecified atom stereocenters. The van der Waals surface area contributed by atoms with E-state index in [2.05, 4.69) is 15.3 Å². The van der Waals surface area contributed by atoms with E-state index in [1.54, 1.807) is 30.6 Å². The van der Waals surface area contributed by atoms with E-state index < -0.39 is 10.0 Å². The number of aromatic amines is 1. The molecule has 146 valence electrons. The molecule has 0 aliphatic carbocycles. The van der Waals surface area contributed by atoms with Crippen LogP contribution in [0.25, 0.3) is 0 Å². The smallest absolute Gasteiger partial charge is 0.243 e. The molecule has 1 saturated heterocycles.